The van der Waals surface area contributed by atoms with E-state index in [1.54, 1.807) is 24.0 Å². The molecule has 1 amide bonds. The first kappa shape index (κ1) is 21.6. The molecule has 0 aliphatic rings. The Labute approximate surface area is 190 Å². The Morgan fingerprint density at radius 2 is 1.84 bits per heavy atom. The fraction of sp³-hybridized carbons (Fsp3) is 0.208. The van der Waals surface area contributed by atoms with Gasteiger partial charge in [0.1, 0.15) is 18.1 Å². The van der Waals surface area contributed by atoms with Crippen molar-refractivity contribution in [2.45, 2.75) is 33.9 Å². The highest BCUT2D eigenvalue weighted by atomic mass is 35.5. The number of ether oxygens (including phenoxy) is 1. The minimum absolute atomic E-state index is 0.190. The molecule has 0 unspecified atom stereocenters. The molecule has 164 valence electrons. The van der Waals surface area contributed by atoms with Crippen LogP contribution in [-0.2, 0) is 13.2 Å². The number of amides is 1. The lowest BCUT2D eigenvalue weighted by atomic mass is 10.1. The Morgan fingerprint density at radius 1 is 1.12 bits per heavy atom. The van der Waals surface area contributed by atoms with Crippen LogP contribution in [0.1, 0.15) is 38.5 Å². The molecule has 32 heavy (non-hydrogen) atoms. The van der Waals surface area contributed by atoms with E-state index >= 15 is 0 Å². The quantitative estimate of drug-likeness (QED) is 0.411. The summed E-state index contributed by atoms with van der Waals surface area (Å²) in [6.45, 7) is 6.52. The van der Waals surface area contributed by atoms with E-state index in [0.29, 0.717) is 28.6 Å². The minimum Gasteiger partial charge on any atom is -0.488 e. The second-order valence-corrected chi connectivity index (χ2v) is 8.02. The van der Waals surface area contributed by atoms with E-state index in [1.807, 2.05) is 56.3 Å². The zero-order valence-electron chi connectivity index (χ0n) is 18.1. The molecule has 4 aromatic rings. The topological polar surface area (TPSA) is 82.2 Å². The van der Waals surface area contributed by atoms with Crippen LogP contribution in [0.3, 0.4) is 0 Å². The number of halogens is 1. The summed E-state index contributed by atoms with van der Waals surface area (Å²) >= 11 is 5.90. The van der Waals surface area contributed by atoms with E-state index in [9.17, 15) is 4.79 Å². The van der Waals surface area contributed by atoms with E-state index in [2.05, 4.69) is 15.6 Å². The lowest BCUT2D eigenvalue weighted by Crippen LogP contribution is -2.15. The lowest BCUT2D eigenvalue weighted by Gasteiger charge is -2.12. The summed E-state index contributed by atoms with van der Waals surface area (Å²) in [5.41, 5.74) is 4.58. The van der Waals surface area contributed by atoms with E-state index in [0.717, 1.165) is 22.4 Å². The molecular weight excluding hydrogens is 428 g/mol. The summed E-state index contributed by atoms with van der Waals surface area (Å²) < 4.78 is 13.0. The number of rotatable bonds is 7. The Balaban J connectivity index is 1.43. The van der Waals surface area contributed by atoms with E-state index < -0.39 is 0 Å². The summed E-state index contributed by atoms with van der Waals surface area (Å²) in [4.78, 5) is 12.9. The number of benzene rings is 2. The number of para-hydroxylation sites is 1. The highest BCUT2D eigenvalue weighted by Gasteiger charge is 2.21. The van der Waals surface area contributed by atoms with Gasteiger partial charge in [-0.2, -0.15) is 5.10 Å². The second kappa shape index (κ2) is 9.28. The highest BCUT2D eigenvalue weighted by molar-refractivity contribution is 6.30. The first-order valence-electron chi connectivity index (χ1n) is 10.1. The Kier molecular flexibility index (Phi) is 6.28. The molecule has 0 aliphatic heterocycles. The molecule has 2 aromatic carbocycles. The number of anilines is 1. The van der Waals surface area contributed by atoms with Gasteiger partial charge in [0, 0.05) is 11.9 Å². The van der Waals surface area contributed by atoms with Gasteiger partial charge < -0.3 is 14.6 Å². The summed E-state index contributed by atoms with van der Waals surface area (Å²) in [6.07, 6.45) is 3.35. The SMILES string of the molecule is Cc1cccc(C)c1OCc1c(C(=O)Nc2ccc(Cn3cc(Cl)cn3)cc2)noc1C. The molecule has 1 N–H and O–H groups in total. The monoisotopic (exact) mass is 450 g/mol. The van der Waals surface area contributed by atoms with Crippen LogP contribution in [0.25, 0.3) is 0 Å². The van der Waals surface area contributed by atoms with Gasteiger partial charge in [-0.25, -0.2) is 0 Å². The van der Waals surface area contributed by atoms with Crippen LogP contribution in [0.4, 0.5) is 5.69 Å². The number of hydrogen-bond donors (Lipinski definition) is 1. The molecule has 2 aromatic heterocycles. The third-order valence-electron chi connectivity index (χ3n) is 5.13. The first-order valence-corrected chi connectivity index (χ1v) is 10.5. The lowest BCUT2D eigenvalue weighted by molar-refractivity contribution is 0.101. The largest absolute Gasteiger partial charge is 0.488 e. The standard InChI is InChI=1S/C24H23ClN4O3/c1-15-5-4-6-16(2)23(15)31-14-21-17(3)32-28-22(21)24(30)27-20-9-7-18(8-10-20)12-29-13-19(25)11-26-29/h4-11,13H,12,14H2,1-3H3,(H,27,30). The molecule has 0 radical (unpaired) electrons. The van der Waals surface area contributed by atoms with Gasteiger partial charge in [0.2, 0.25) is 0 Å². The number of carbonyl (C=O) groups excluding carboxylic acids is 1. The van der Waals surface area contributed by atoms with Gasteiger partial charge in [-0.1, -0.05) is 47.1 Å². The molecule has 0 spiro atoms. The van der Waals surface area contributed by atoms with Crippen LogP contribution in [0, 0.1) is 20.8 Å². The fourth-order valence-corrected chi connectivity index (χ4v) is 3.56. The van der Waals surface area contributed by atoms with Crippen molar-refractivity contribution in [1.82, 2.24) is 14.9 Å². The molecule has 0 atom stereocenters. The van der Waals surface area contributed by atoms with E-state index in [1.165, 1.54) is 0 Å². The minimum atomic E-state index is -0.353. The Bertz CT molecular complexity index is 1220. The third-order valence-corrected chi connectivity index (χ3v) is 5.32. The molecule has 2 heterocycles. The maximum atomic E-state index is 12.9. The predicted molar refractivity (Wildman–Crippen MR) is 122 cm³/mol. The van der Waals surface area contributed by atoms with Crippen LogP contribution < -0.4 is 10.1 Å². The molecule has 8 heteroatoms. The Hall–Kier alpha value is -3.58. The van der Waals surface area contributed by atoms with Crippen molar-refractivity contribution in [2.24, 2.45) is 0 Å². The normalized spacial score (nSPS) is 10.9. The van der Waals surface area contributed by atoms with Crippen LogP contribution in [0.5, 0.6) is 5.75 Å². The summed E-state index contributed by atoms with van der Waals surface area (Å²) in [7, 11) is 0. The van der Waals surface area contributed by atoms with Crippen molar-refractivity contribution < 1.29 is 14.1 Å². The molecule has 0 saturated carbocycles. The predicted octanol–water partition coefficient (Wildman–Crippen LogP) is 5.33. The molecular formula is C24H23ClN4O3. The summed E-state index contributed by atoms with van der Waals surface area (Å²) in [5.74, 6) is 0.997. The van der Waals surface area contributed by atoms with Gasteiger partial charge in [-0.05, 0) is 49.6 Å². The zero-order chi connectivity index (χ0) is 22.7. The number of carbonyl (C=O) groups is 1. The highest BCUT2D eigenvalue weighted by Crippen LogP contribution is 2.25. The van der Waals surface area contributed by atoms with Crippen molar-refractivity contribution in [2.75, 3.05) is 5.32 Å². The van der Waals surface area contributed by atoms with Crippen LogP contribution in [-0.4, -0.2) is 20.8 Å². The number of nitrogens with one attached hydrogen (secondary N) is 1. The number of aryl methyl sites for hydroxylation is 3. The number of nitrogens with zero attached hydrogens (tertiary/aromatic N) is 3. The number of hydrogen-bond acceptors (Lipinski definition) is 5. The zero-order valence-corrected chi connectivity index (χ0v) is 18.8. The molecule has 4 rings (SSSR count). The summed E-state index contributed by atoms with van der Waals surface area (Å²) in [6, 6.07) is 13.5. The molecule has 0 fully saturated rings. The smallest absolute Gasteiger partial charge is 0.278 e. The van der Waals surface area contributed by atoms with Gasteiger partial charge in [0.15, 0.2) is 5.69 Å². The molecule has 0 saturated heterocycles. The van der Waals surface area contributed by atoms with Crippen LogP contribution >= 0.6 is 11.6 Å². The van der Waals surface area contributed by atoms with Gasteiger partial charge in [0.05, 0.1) is 23.3 Å². The summed E-state index contributed by atoms with van der Waals surface area (Å²) in [5, 5.41) is 11.6. The van der Waals surface area contributed by atoms with Gasteiger partial charge in [-0.15, -0.1) is 0 Å². The van der Waals surface area contributed by atoms with Gasteiger partial charge in [0.25, 0.3) is 5.91 Å². The third kappa shape index (κ3) is 4.84. The fourth-order valence-electron chi connectivity index (χ4n) is 3.41. The average Bonchev–Trinajstić information content (AvgIpc) is 3.34. The van der Waals surface area contributed by atoms with Crippen molar-refractivity contribution >= 4 is 23.2 Å². The average molecular weight is 451 g/mol. The van der Waals surface area contributed by atoms with Crippen molar-refractivity contribution in [3.63, 3.8) is 0 Å². The van der Waals surface area contributed by atoms with Gasteiger partial charge in [-0.3, -0.25) is 9.48 Å². The Morgan fingerprint density at radius 3 is 2.50 bits per heavy atom. The molecule has 0 aliphatic carbocycles. The second-order valence-electron chi connectivity index (χ2n) is 7.58. The molecule has 0 bridgehead atoms. The maximum Gasteiger partial charge on any atom is 0.278 e. The van der Waals surface area contributed by atoms with E-state index in [4.69, 9.17) is 20.9 Å². The maximum absolute atomic E-state index is 12.9. The van der Waals surface area contributed by atoms with Crippen molar-refractivity contribution in [3.05, 3.63) is 93.6 Å². The van der Waals surface area contributed by atoms with Gasteiger partial charge >= 0.3 is 0 Å². The van der Waals surface area contributed by atoms with Crippen LogP contribution in [0.2, 0.25) is 5.02 Å². The van der Waals surface area contributed by atoms with Crippen molar-refractivity contribution in [3.8, 4) is 5.75 Å². The van der Waals surface area contributed by atoms with Crippen LogP contribution in [0.15, 0.2) is 59.4 Å². The molecule has 7 nitrogen and oxygen atoms in total. The van der Waals surface area contributed by atoms with E-state index in [-0.39, 0.29) is 18.2 Å². The number of aromatic nitrogens is 3. The first-order chi connectivity index (χ1) is 15.4. The van der Waals surface area contributed by atoms with Crippen molar-refractivity contribution in [1.29, 1.82) is 0 Å².